The summed E-state index contributed by atoms with van der Waals surface area (Å²) in [6, 6.07) is 7.14. The number of piperazine rings is 1. The van der Waals surface area contributed by atoms with Gasteiger partial charge < -0.3 is 5.11 Å². The maximum absolute atomic E-state index is 11.7. The van der Waals surface area contributed by atoms with E-state index in [4.69, 9.17) is 11.6 Å². The van der Waals surface area contributed by atoms with Crippen LogP contribution in [0.1, 0.15) is 24.4 Å². The minimum absolute atomic E-state index is 0. The van der Waals surface area contributed by atoms with E-state index in [1.54, 1.807) is 6.07 Å². The van der Waals surface area contributed by atoms with Gasteiger partial charge in [0.15, 0.2) is 0 Å². The minimum atomic E-state index is -0.815. The second kappa shape index (κ2) is 8.37. The highest BCUT2D eigenvalue weighted by Gasteiger charge is 2.37. The monoisotopic (exact) mass is 366 g/mol. The molecule has 2 fully saturated rings. The van der Waals surface area contributed by atoms with E-state index in [1.165, 1.54) is 12.8 Å². The molecule has 2 aliphatic heterocycles. The predicted molar refractivity (Wildman–Crippen MR) is 92.5 cm³/mol. The maximum Gasteiger partial charge on any atom is 0.325 e. The van der Waals surface area contributed by atoms with Gasteiger partial charge in [0.25, 0.3) is 0 Å². The quantitative estimate of drug-likeness (QED) is 0.891. The number of carbonyl (C=O) groups is 1. The van der Waals surface area contributed by atoms with Crippen LogP contribution in [0.5, 0.6) is 0 Å². The second-order valence-corrected chi connectivity index (χ2v) is 6.00. The van der Waals surface area contributed by atoms with Gasteiger partial charge in [-0.25, -0.2) is 0 Å². The van der Waals surface area contributed by atoms with Gasteiger partial charge in [0.05, 0.1) is 0 Å². The number of halogens is 3. The number of carboxylic acid groups (broad SMARTS) is 1. The molecule has 1 aromatic carbocycles. The van der Waals surface area contributed by atoms with Gasteiger partial charge in [-0.2, -0.15) is 0 Å². The van der Waals surface area contributed by atoms with E-state index >= 15 is 0 Å². The molecule has 22 heavy (non-hydrogen) atoms. The van der Waals surface area contributed by atoms with Crippen molar-refractivity contribution in [3.8, 4) is 0 Å². The average molecular weight is 368 g/mol. The first-order chi connectivity index (χ1) is 9.66. The van der Waals surface area contributed by atoms with Crippen LogP contribution in [0.3, 0.4) is 0 Å². The van der Waals surface area contributed by atoms with E-state index < -0.39 is 12.0 Å². The van der Waals surface area contributed by atoms with Crippen molar-refractivity contribution < 1.29 is 9.90 Å². The Morgan fingerprint density at radius 1 is 1.23 bits per heavy atom. The molecule has 124 valence electrons. The molecular formula is C15H21Cl3N2O2. The fourth-order valence-corrected chi connectivity index (χ4v) is 3.67. The molecular weight excluding hydrogens is 347 g/mol. The first kappa shape index (κ1) is 19.5. The molecule has 1 unspecified atom stereocenters. The third-order valence-electron chi connectivity index (χ3n) is 4.42. The van der Waals surface area contributed by atoms with Gasteiger partial charge in [-0.15, -0.1) is 24.8 Å². The van der Waals surface area contributed by atoms with E-state index in [9.17, 15) is 9.90 Å². The van der Waals surface area contributed by atoms with Gasteiger partial charge >= 0.3 is 5.97 Å². The fraction of sp³-hybridized carbons (Fsp3) is 0.533. The molecule has 2 aliphatic rings. The maximum atomic E-state index is 11.7. The van der Waals surface area contributed by atoms with E-state index in [-0.39, 0.29) is 24.8 Å². The Kier molecular flexibility index (Phi) is 7.42. The molecule has 4 nitrogen and oxygen atoms in total. The molecule has 2 atom stereocenters. The van der Waals surface area contributed by atoms with Crippen LogP contribution in [0.25, 0.3) is 0 Å². The SMILES string of the molecule is Cl.Cl.O=C(O)C(c1ccccc1Cl)N1CCN2CCC[C@H]2C1. The highest BCUT2D eigenvalue weighted by atomic mass is 35.5. The third-order valence-corrected chi connectivity index (χ3v) is 4.76. The third kappa shape index (κ3) is 3.87. The molecule has 0 amide bonds. The fourth-order valence-electron chi connectivity index (χ4n) is 3.43. The van der Waals surface area contributed by atoms with E-state index in [1.807, 2.05) is 18.2 Å². The number of nitrogens with zero attached hydrogens (tertiary/aromatic N) is 2. The number of fused-ring (bicyclic) bond motifs is 1. The van der Waals surface area contributed by atoms with Crippen molar-refractivity contribution in [3.63, 3.8) is 0 Å². The average Bonchev–Trinajstić information content (AvgIpc) is 2.88. The zero-order valence-electron chi connectivity index (χ0n) is 12.2. The van der Waals surface area contributed by atoms with Gasteiger partial charge in [0, 0.05) is 30.7 Å². The van der Waals surface area contributed by atoms with Crippen molar-refractivity contribution in [2.75, 3.05) is 26.2 Å². The van der Waals surface area contributed by atoms with Crippen molar-refractivity contribution in [1.29, 1.82) is 0 Å². The zero-order chi connectivity index (χ0) is 14.1. The smallest absolute Gasteiger partial charge is 0.325 e. The molecule has 0 radical (unpaired) electrons. The topological polar surface area (TPSA) is 43.8 Å². The molecule has 0 spiro atoms. The second-order valence-electron chi connectivity index (χ2n) is 5.59. The number of aliphatic carboxylic acids is 1. The summed E-state index contributed by atoms with van der Waals surface area (Å²) in [7, 11) is 0. The van der Waals surface area contributed by atoms with E-state index in [0.29, 0.717) is 16.6 Å². The largest absolute Gasteiger partial charge is 0.480 e. The lowest BCUT2D eigenvalue weighted by Gasteiger charge is -2.40. The van der Waals surface area contributed by atoms with Crippen molar-refractivity contribution >= 4 is 42.4 Å². The molecule has 0 bridgehead atoms. The Hall–Kier alpha value is -0.520. The predicted octanol–water partition coefficient (Wildman–Crippen LogP) is 3.09. The Balaban J connectivity index is 0.00000121. The zero-order valence-corrected chi connectivity index (χ0v) is 14.5. The van der Waals surface area contributed by atoms with Crippen LogP contribution in [0, 0.1) is 0 Å². The van der Waals surface area contributed by atoms with Gasteiger partial charge in [0.1, 0.15) is 6.04 Å². The Morgan fingerprint density at radius 2 is 1.95 bits per heavy atom. The lowest BCUT2D eigenvalue weighted by atomic mass is 10.0. The summed E-state index contributed by atoms with van der Waals surface area (Å²) in [5.41, 5.74) is 0.702. The first-order valence-corrected chi connectivity index (χ1v) is 7.50. The lowest BCUT2D eigenvalue weighted by Crippen LogP contribution is -2.52. The highest BCUT2D eigenvalue weighted by molar-refractivity contribution is 6.31. The van der Waals surface area contributed by atoms with Crippen LogP contribution in [-0.2, 0) is 4.79 Å². The van der Waals surface area contributed by atoms with Crippen molar-refractivity contribution in [2.24, 2.45) is 0 Å². The molecule has 2 heterocycles. The molecule has 0 aliphatic carbocycles. The van der Waals surface area contributed by atoms with E-state index in [0.717, 1.165) is 26.2 Å². The molecule has 0 saturated carbocycles. The Labute approximate surface area is 148 Å². The van der Waals surface area contributed by atoms with Crippen LogP contribution < -0.4 is 0 Å². The highest BCUT2D eigenvalue weighted by Crippen LogP contribution is 2.31. The normalized spacial score (nSPS) is 23.0. The summed E-state index contributed by atoms with van der Waals surface area (Å²) in [4.78, 5) is 16.3. The number of hydrogen-bond acceptors (Lipinski definition) is 3. The molecule has 0 aromatic heterocycles. The number of hydrogen-bond donors (Lipinski definition) is 1. The number of benzene rings is 1. The Morgan fingerprint density at radius 3 is 2.64 bits per heavy atom. The van der Waals surface area contributed by atoms with Gasteiger partial charge in [-0.05, 0) is 31.0 Å². The molecule has 2 saturated heterocycles. The van der Waals surface area contributed by atoms with Crippen LogP contribution >= 0.6 is 36.4 Å². The van der Waals surface area contributed by atoms with Gasteiger partial charge in [-0.3, -0.25) is 14.6 Å². The van der Waals surface area contributed by atoms with Crippen LogP contribution in [-0.4, -0.2) is 53.1 Å². The summed E-state index contributed by atoms with van der Waals surface area (Å²) in [5.74, 6) is -0.815. The molecule has 7 heteroatoms. The van der Waals surface area contributed by atoms with Gasteiger partial charge in [0.2, 0.25) is 0 Å². The van der Waals surface area contributed by atoms with Crippen molar-refractivity contribution in [3.05, 3.63) is 34.9 Å². The van der Waals surface area contributed by atoms with Crippen LogP contribution in [0.15, 0.2) is 24.3 Å². The standard InChI is InChI=1S/C15H19ClN2O2.2ClH/c16-13-6-2-1-5-12(13)14(15(19)20)18-9-8-17-7-3-4-11(17)10-18;;/h1-2,5-6,11,14H,3-4,7-10H2,(H,19,20);2*1H/t11-,14?;;/m0../s1. The minimum Gasteiger partial charge on any atom is -0.480 e. The van der Waals surface area contributed by atoms with E-state index in [2.05, 4.69) is 9.80 Å². The summed E-state index contributed by atoms with van der Waals surface area (Å²) < 4.78 is 0. The summed E-state index contributed by atoms with van der Waals surface area (Å²) in [5, 5.41) is 10.2. The Bertz CT molecular complexity index is 515. The molecule has 3 rings (SSSR count). The van der Waals surface area contributed by atoms with Crippen LogP contribution in [0.4, 0.5) is 0 Å². The lowest BCUT2D eigenvalue weighted by molar-refractivity contribution is -0.144. The van der Waals surface area contributed by atoms with Crippen molar-refractivity contribution in [1.82, 2.24) is 9.80 Å². The first-order valence-electron chi connectivity index (χ1n) is 7.12. The summed E-state index contributed by atoms with van der Waals surface area (Å²) in [6.07, 6.45) is 2.40. The molecule has 1 aromatic rings. The summed E-state index contributed by atoms with van der Waals surface area (Å²) >= 11 is 6.19. The molecule has 1 N–H and O–H groups in total. The summed E-state index contributed by atoms with van der Waals surface area (Å²) in [6.45, 7) is 3.72. The number of carboxylic acids is 1. The van der Waals surface area contributed by atoms with Crippen LogP contribution in [0.2, 0.25) is 5.02 Å². The number of rotatable bonds is 3. The van der Waals surface area contributed by atoms with Gasteiger partial charge in [-0.1, -0.05) is 29.8 Å². The van der Waals surface area contributed by atoms with Crippen molar-refractivity contribution in [2.45, 2.75) is 24.9 Å².